The number of aromatic amines is 1. The average molecular weight is 278 g/mol. The van der Waals surface area contributed by atoms with Crippen LogP contribution in [0.25, 0.3) is 0 Å². The molecule has 1 fully saturated rings. The molecule has 1 N–H and O–H groups in total. The highest BCUT2D eigenvalue weighted by Gasteiger charge is 2.31. The summed E-state index contributed by atoms with van der Waals surface area (Å²) < 4.78 is 1.71. The largest absolute Gasteiger partial charge is 0.309 e. The van der Waals surface area contributed by atoms with E-state index < -0.39 is 0 Å². The SMILES string of the molecule is Cn1cc(N2CCC[C@H](Sc3cn[nH]n3)C2=O)cn1. The van der Waals surface area contributed by atoms with Gasteiger partial charge in [0.1, 0.15) is 5.03 Å². The van der Waals surface area contributed by atoms with Gasteiger partial charge in [0.05, 0.1) is 23.3 Å². The molecule has 100 valence electrons. The molecular formula is C11H14N6OS. The standard InChI is InChI=1S/C11H14N6OS/c1-16-7-8(5-13-16)17-4-2-3-9(11(17)18)19-10-6-12-15-14-10/h5-7,9H,2-4H2,1H3,(H,12,14,15)/t9-/m0/s1. The minimum atomic E-state index is -0.0981. The number of rotatable bonds is 3. The smallest absolute Gasteiger partial charge is 0.240 e. The van der Waals surface area contributed by atoms with Crippen LogP contribution in [0.15, 0.2) is 23.6 Å². The number of carbonyl (C=O) groups excluding carboxylic acids is 1. The summed E-state index contributed by atoms with van der Waals surface area (Å²) in [4.78, 5) is 14.3. The number of amides is 1. The van der Waals surface area contributed by atoms with E-state index in [4.69, 9.17) is 0 Å². The molecule has 1 saturated heterocycles. The number of nitrogens with zero attached hydrogens (tertiary/aromatic N) is 5. The van der Waals surface area contributed by atoms with Gasteiger partial charge >= 0.3 is 0 Å². The molecule has 8 heteroatoms. The minimum absolute atomic E-state index is 0.0981. The molecule has 0 saturated carbocycles. The van der Waals surface area contributed by atoms with E-state index in [9.17, 15) is 4.79 Å². The molecule has 3 heterocycles. The average Bonchev–Trinajstić information content (AvgIpc) is 3.03. The molecule has 0 spiro atoms. The number of anilines is 1. The number of aryl methyl sites for hydroxylation is 1. The van der Waals surface area contributed by atoms with E-state index in [1.807, 2.05) is 13.2 Å². The summed E-state index contributed by atoms with van der Waals surface area (Å²) in [6.07, 6.45) is 7.08. The number of thioether (sulfide) groups is 1. The molecule has 2 aromatic rings. The zero-order valence-electron chi connectivity index (χ0n) is 10.5. The summed E-state index contributed by atoms with van der Waals surface area (Å²) in [5.74, 6) is 0.118. The summed E-state index contributed by atoms with van der Waals surface area (Å²) in [5, 5.41) is 15.1. The van der Waals surface area contributed by atoms with Crippen LogP contribution in [0.2, 0.25) is 0 Å². The lowest BCUT2D eigenvalue weighted by Crippen LogP contribution is -2.42. The third-order valence-electron chi connectivity index (χ3n) is 3.05. The Balaban J connectivity index is 1.75. The van der Waals surface area contributed by atoms with Gasteiger partial charge in [-0.2, -0.15) is 15.4 Å². The van der Waals surface area contributed by atoms with Gasteiger partial charge in [0.25, 0.3) is 0 Å². The molecule has 0 unspecified atom stereocenters. The fourth-order valence-electron chi connectivity index (χ4n) is 2.15. The Labute approximate surface area is 114 Å². The van der Waals surface area contributed by atoms with Crippen molar-refractivity contribution in [3.8, 4) is 0 Å². The summed E-state index contributed by atoms with van der Waals surface area (Å²) >= 11 is 1.46. The van der Waals surface area contributed by atoms with Crippen LogP contribution in [0.3, 0.4) is 0 Å². The van der Waals surface area contributed by atoms with Crippen LogP contribution in [0.5, 0.6) is 0 Å². The Bertz CT molecular complexity index is 566. The number of hydrogen-bond acceptors (Lipinski definition) is 5. The molecule has 0 bridgehead atoms. The predicted molar refractivity (Wildman–Crippen MR) is 70.8 cm³/mol. The minimum Gasteiger partial charge on any atom is -0.309 e. The fourth-order valence-corrected chi connectivity index (χ4v) is 3.16. The van der Waals surface area contributed by atoms with Gasteiger partial charge in [-0.1, -0.05) is 11.8 Å². The van der Waals surface area contributed by atoms with Crippen molar-refractivity contribution in [3.05, 3.63) is 18.6 Å². The first-order valence-electron chi connectivity index (χ1n) is 6.06. The van der Waals surface area contributed by atoms with Gasteiger partial charge in [-0.05, 0) is 12.8 Å². The van der Waals surface area contributed by atoms with Gasteiger partial charge in [-0.25, -0.2) is 0 Å². The Hall–Kier alpha value is -1.83. The van der Waals surface area contributed by atoms with Crippen molar-refractivity contribution in [1.29, 1.82) is 0 Å². The van der Waals surface area contributed by atoms with Gasteiger partial charge in [0, 0.05) is 19.8 Å². The van der Waals surface area contributed by atoms with Crippen molar-refractivity contribution in [2.75, 3.05) is 11.4 Å². The third kappa shape index (κ3) is 2.48. The van der Waals surface area contributed by atoms with Crippen molar-refractivity contribution in [2.24, 2.45) is 7.05 Å². The first-order valence-corrected chi connectivity index (χ1v) is 6.94. The molecule has 7 nitrogen and oxygen atoms in total. The maximum atomic E-state index is 12.5. The van der Waals surface area contributed by atoms with Gasteiger partial charge in [-0.15, -0.1) is 5.10 Å². The molecule has 0 aliphatic carbocycles. The summed E-state index contributed by atoms with van der Waals surface area (Å²) in [7, 11) is 1.85. The maximum absolute atomic E-state index is 12.5. The molecule has 2 aromatic heterocycles. The van der Waals surface area contributed by atoms with E-state index in [0.717, 1.165) is 30.1 Å². The first kappa shape index (κ1) is 12.2. The van der Waals surface area contributed by atoms with E-state index in [1.54, 1.807) is 22.0 Å². The fraction of sp³-hybridized carbons (Fsp3) is 0.455. The maximum Gasteiger partial charge on any atom is 0.240 e. The topological polar surface area (TPSA) is 79.7 Å². The molecule has 3 rings (SSSR count). The van der Waals surface area contributed by atoms with Crippen LogP contribution in [-0.4, -0.2) is 42.9 Å². The molecule has 1 aliphatic heterocycles. The number of carbonyl (C=O) groups is 1. The van der Waals surface area contributed by atoms with E-state index in [2.05, 4.69) is 20.5 Å². The predicted octanol–water partition coefficient (Wildman–Crippen LogP) is 0.826. The first-order chi connectivity index (χ1) is 9.24. The molecule has 0 radical (unpaired) electrons. The zero-order valence-corrected chi connectivity index (χ0v) is 11.3. The monoisotopic (exact) mass is 278 g/mol. The lowest BCUT2D eigenvalue weighted by Gasteiger charge is -2.30. The van der Waals surface area contributed by atoms with Crippen molar-refractivity contribution < 1.29 is 4.79 Å². The Morgan fingerprint density at radius 2 is 2.37 bits per heavy atom. The third-order valence-corrected chi connectivity index (χ3v) is 4.21. The highest BCUT2D eigenvalue weighted by Crippen LogP contribution is 2.30. The number of hydrogen-bond donors (Lipinski definition) is 1. The van der Waals surface area contributed by atoms with Crippen LogP contribution < -0.4 is 4.90 Å². The second kappa shape index (κ2) is 5.04. The summed E-state index contributed by atoms with van der Waals surface area (Å²) in [5.41, 5.74) is 0.859. The normalized spacial score (nSPS) is 19.9. The van der Waals surface area contributed by atoms with Crippen LogP contribution in [0.4, 0.5) is 5.69 Å². The molecule has 1 atom stereocenters. The second-order valence-corrected chi connectivity index (χ2v) is 5.64. The molecule has 1 amide bonds. The summed E-state index contributed by atoms with van der Waals surface area (Å²) in [6.45, 7) is 0.750. The zero-order chi connectivity index (χ0) is 13.2. The van der Waals surface area contributed by atoms with E-state index in [0.29, 0.717) is 0 Å². The van der Waals surface area contributed by atoms with Gasteiger partial charge in [0.2, 0.25) is 5.91 Å². The lowest BCUT2D eigenvalue weighted by atomic mass is 10.1. The highest BCUT2D eigenvalue weighted by molar-refractivity contribution is 8.00. The molecular weight excluding hydrogens is 264 g/mol. The van der Waals surface area contributed by atoms with Crippen LogP contribution in [0.1, 0.15) is 12.8 Å². The number of nitrogens with one attached hydrogen (secondary N) is 1. The van der Waals surface area contributed by atoms with Crippen molar-refractivity contribution >= 4 is 23.4 Å². The van der Waals surface area contributed by atoms with Crippen LogP contribution >= 0.6 is 11.8 Å². The van der Waals surface area contributed by atoms with E-state index in [1.165, 1.54) is 11.8 Å². The Kier molecular flexibility index (Phi) is 3.24. The second-order valence-electron chi connectivity index (χ2n) is 4.42. The van der Waals surface area contributed by atoms with Gasteiger partial charge in [-0.3, -0.25) is 9.48 Å². The van der Waals surface area contributed by atoms with Crippen LogP contribution in [-0.2, 0) is 11.8 Å². The van der Waals surface area contributed by atoms with E-state index in [-0.39, 0.29) is 11.2 Å². The summed E-state index contributed by atoms with van der Waals surface area (Å²) in [6, 6.07) is 0. The lowest BCUT2D eigenvalue weighted by molar-refractivity contribution is -0.119. The number of aromatic nitrogens is 5. The Morgan fingerprint density at radius 3 is 3.05 bits per heavy atom. The van der Waals surface area contributed by atoms with Gasteiger partial charge in [0.15, 0.2) is 0 Å². The van der Waals surface area contributed by atoms with Crippen molar-refractivity contribution in [2.45, 2.75) is 23.1 Å². The molecule has 0 aromatic carbocycles. The molecule has 1 aliphatic rings. The molecule has 19 heavy (non-hydrogen) atoms. The number of piperidine rings is 1. The van der Waals surface area contributed by atoms with Crippen molar-refractivity contribution in [3.63, 3.8) is 0 Å². The van der Waals surface area contributed by atoms with Crippen molar-refractivity contribution in [1.82, 2.24) is 25.2 Å². The van der Waals surface area contributed by atoms with Gasteiger partial charge < -0.3 is 4.90 Å². The van der Waals surface area contributed by atoms with E-state index >= 15 is 0 Å². The van der Waals surface area contributed by atoms with Crippen LogP contribution in [0, 0.1) is 0 Å². The highest BCUT2D eigenvalue weighted by atomic mass is 32.2. The Morgan fingerprint density at radius 1 is 1.47 bits per heavy atom. The number of H-pyrrole nitrogens is 1. The quantitative estimate of drug-likeness (QED) is 0.899.